The van der Waals surface area contributed by atoms with Crippen LogP contribution in [0.15, 0.2) is 29.8 Å². The van der Waals surface area contributed by atoms with Gasteiger partial charge in [0.2, 0.25) is 0 Å². The van der Waals surface area contributed by atoms with E-state index in [0.29, 0.717) is 0 Å². The van der Waals surface area contributed by atoms with Crippen LogP contribution in [0.25, 0.3) is 6.08 Å². The normalized spacial score (nSPS) is 15.5. The van der Waals surface area contributed by atoms with Crippen LogP contribution in [0, 0.1) is 5.41 Å². The molecule has 0 fully saturated rings. The van der Waals surface area contributed by atoms with Crippen molar-refractivity contribution in [2.45, 2.75) is 20.8 Å². The Kier molecular flexibility index (Phi) is 2.10. The molecule has 1 aliphatic heterocycles. The molecule has 1 aromatic carbocycles. The topological polar surface area (TPSA) is 12.0 Å². The summed E-state index contributed by atoms with van der Waals surface area (Å²) < 4.78 is 0. The highest BCUT2D eigenvalue weighted by Crippen LogP contribution is 2.32. The number of benzene rings is 1. The van der Waals surface area contributed by atoms with E-state index in [1.165, 1.54) is 16.8 Å². The molecule has 1 nitrogen and oxygen atoms in total. The van der Waals surface area contributed by atoms with Crippen molar-refractivity contribution >= 4 is 11.8 Å². The summed E-state index contributed by atoms with van der Waals surface area (Å²) in [6.07, 6.45) is 2.31. The summed E-state index contributed by atoms with van der Waals surface area (Å²) >= 11 is 0. The van der Waals surface area contributed by atoms with Crippen molar-refractivity contribution in [3.05, 3.63) is 35.4 Å². The van der Waals surface area contributed by atoms with Gasteiger partial charge in [-0.3, -0.25) is 0 Å². The Bertz CT molecular complexity index is 369. The molecular weight excluding hydrogens is 170 g/mol. The van der Waals surface area contributed by atoms with E-state index in [4.69, 9.17) is 0 Å². The zero-order chi connectivity index (χ0) is 10.2. The SMILES string of the molecule is CC(C)(C)C1=Cc2ccccc2NC1. The minimum Gasteiger partial charge on any atom is -0.381 e. The maximum atomic E-state index is 3.45. The minimum atomic E-state index is 0.264. The first-order chi connectivity index (χ1) is 6.57. The van der Waals surface area contributed by atoms with Gasteiger partial charge in [0.1, 0.15) is 0 Å². The molecule has 0 saturated carbocycles. The average Bonchev–Trinajstić information content (AvgIpc) is 2.16. The Hall–Kier alpha value is -1.24. The largest absolute Gasteiger partial charge is 0.381 e. The van der Waals surface area contributed by atoms with E-state index in [-0.39, 0.29) is 5.41 Å². The molecule has 1 heteroatoms. The molecule has 0 spiro atoms. The van der Waals surface area contributed by atoms with Gasteiger partial charge >= 0.3 is 0 Å². The highest BCUT2D eigenvalue weighted by Gasteiger charge is 2.19. The van der Waals surface area contributed by atoms with Crippen LogP contribution in [-0.4, -0.2) is 6.54 Å². The maximum absolute atomic E-state index is 3.45. The molecule has 0 unspecified atom stereocenters. The summed E-state index contributed by atoms with van der Waals surface area (Å²) in [7, 11) is 0. The third-order valence-corrected chi connectivity index (χ3v) is 2.72. The van der Waals surface area contributed by atoms with Gasteiger partial charge in [-0.2, -0.15) is 0 Å². The van der Waals surface area contributed by atoms with Crippen LogP contribution in [0.1, 0.15) is 26.3 Å². The number of rotatable bonds is 0. The van der Waals surface area contributed by atoms with E-state index in [1.54, 1.807) is 0 Å². The van der Waals surface area contributed by atoms with Crippen molar-refractivity contribution < 1.29 is 0 Å². The van der Waals surface area contributed by atoms with Crippen LogP contribution < -0.4 is 5.32 Å². The highest BCUT2D eigenvalue weighted by atomic mass is 14.9. The molecule has 1 aliphatic rings. The van der Waals surface area contributed by atoms with E-state index in [9.17, 15) is 0 Å². The summed E-state index contributed by atoms with van der Waals surface area (Å²) in [5.41, 5.74) is 4.29. The molecule has 1 aromatic rings. The summed E-state index contributed by atoms with van der Waals surface area (Å²) in [6, 6.07) is 8.45. The van der Waals surface area contributed by atoms with Gasteiger partial charge in [-0.1, -0.05) is 45.0 Å². The Labute approximate surface area is 85.8 Å². The fraction of sp³-hybridized carbons (Fsp3) is 0.385. The van der Waals surface area contributed by atoms with E-state index < -0.39 is 0 Å². The summed E-state index contributed by atoms with van der Waals surface area (Å²) in [5, 5.41) is 3.45. The Morgan fingerprint density at radius 3 is 2.57 bits per heavy atom. The standard InChI is InChI=1S/C13H17N/c1-13(2,3)11-8-10-6-4-5-7-12(10)14-9-11/h4-8,14H,9H2,1-3H3. The first-order valence-corrected chi connectivity index (χ1v) is 5.11. The van der Waals surface area contributed by atoms with Crippen molar-refractivity contribution in [1.29, 1.82) is 0 Å². The lowest BCUT2D eigenvalue weighted by atomic mass is 9.83. The van der Waals surface area contributed by atoms with Gasteiger partial charge < -0.3 is 5.32 Å². The molecule has 0 saturated heterocycles. The van der Waals surface area contributed by atoms with Crippen LogP contribution in [-0.2, 0) is 0 Å². The number of anilines is 1. The van der Waals surface area contributed by atoms with E-state index in [0.717, 1.165) is 6.54 Å². The van der Waals surface area contributed by atoms with Crippen molar-refractivity contribution in [2.24, 2.45) is 5.41 Å². The molecule has 0 amide bonds. The van der Waals surface area contributed by atoms with Crippen LogP contribution in [0.4, 0.5) is 5.69 Å². The predicted molar refractivity (Wildman–Crippen MR) is 62.4 cm³/mol. The zero-order valence-corrected chi connectivity index (χ0v) is 9.09. The Morgan fingerprint density at radius 2 is 1.86 bits per heavy atom. The van der Waals surface area contributed by atoms with Gasteiger partial charge in [0, 0.05) is 12.2 Å². The van der Waals surface area contributed by atoms with Gasteiger partial charge in [-0.25, -0.2) is 0 Å². The monoisotopic (exact) mass is 187 g/mol. The molecule has 0 bridgehead atoms. The van der Waals surface area contributed by atoms with Crippen LogP contribution in [0.3, 0.4) is 0 Å². The highest BCUT2D eigenvalue weighted by molar-refractivity contribution is 5.72. The fourth-order valence-corrected chi connectivity index (χ4v) is 1.69. The Morgan fingerprint density at radius 1 is 1.14 bits per heavy atom. The van der Waals surface area contributed by atoms with E-state index >= 15 is 0 Å². The van der Waals surface area contributed by atoms with Crippen LogP contribution >= 0.6 is 0 Å². The first-order valence-electron chi connectivity index (χ1n) is 5.11. The predicted octanol–water partition coefficient (Wildman–Crippen LogP) is 3.54. The van der Waals surface area contributed by atoms with Crippen molar-refractivity contribution in [1.82, 2.24) is 0 Å². The molecular formula is C13H17N. The molecule has 0 radical (unpaired) electrons. The molecule has 0 aliphatic carbocycles. The van der Waals surface area contributed by atoms with Crippen molar-refractivity contribution in [3.8, 4) is 0 Å². The second-order valence-corrected chi connectivity index (χ2v) is 4.86. The van der Waals surface area contributed by atoms with Crippen molar-refractivity contribution in [2.75, 3.05) is 11.9 Å². The number of nitrogens with one attached hydrogen (secondary N) is 1. The number of hydrogen-bond donors (Lipinski definition) is 1. The van der Waals surface area contributed by atoms with Gasteiger partial charge in [-0.05, 0) is 22.6 Å². The second kappa shape index (κ2) is 3.16. The number of para-hydroxylation sites is 1. The van der Waals surface area contributed by atoms with Crippen molar-refractivity contribution in [3.63, 3.8) is 0 Å². The smallest absolute Gasteiger partial charge is 0.0416 e. The summed E-state index contributed by atoms with van der Waals surface area (Å²) in [4.78, 5) is 0. The average molecular weight is 187 g/mol. The lowest BCUT2D eigenvalue weighted by molar-refractivity contribution is 0.501. The molecule has 2 rings (SSSR count). The molecule has 0 atom stereocenters. The van der Waals surface area contributed by atoms with Gasteiger partial charge in [0.15, 0.2) is 0 Å². The zero-order valence-electron chi connectivity index (χ0n) is 9.09. The van der Waals surface area contributed by atoms with E-state index in [1.807, 2.05) is 0 Å². The first kappa shape index (κ1) is 9.32. The fourth-order valence-electron chi connectivity index (χ4n) is 1.69. The molecule has 1 N–H and O–H groups in total. The lowest BCUT2D eigenvalue weighted by Gasteiger charge is -2.28. The van der Waals surface area contributed by atoms with E-state index in [2.05, 4.69) is 56.4 Å². The van der Waals surface area contributed by atoms with Gasteiger partial charge in [0.05, 0.1) is 0 Å². The Balaban J connectivity index is 2.41. The summed E-state index contributed by atoms with van der Waals surface area (Å²) in [5.74, 6) is 0. The lowest BCUT2D eigenvalue weighted by Crippen LogP contribution is -2.20. The summed E-state index contributed by atoms with van der Waals surface area (Å²) in [6.45, 7) is 7.75. The molecule has 74 valence electrons. The number of hydrogen-bond acceptors (Lipinski definition) is 1. The van der Waals surface area contributed by atoms with Crippen LogP contribution in [0.2, 0.25) is 0 Å². The second-order valence-electron chi connectivity index (χ2n) is 4.86. The van der Waals surface area contributed by atoms with Crippen LogP contribution in [0.5, 0.6) is 0 Å². The molecule has 0 aromatic heterocycles. The maximum Gasteiger partial charge on any atom is 0.0416 e. The third kappa shape index (κ3) is 1.67. The minimum absolute atomic E-state index is 0.264. The molecule has 1 heterocycles. The number of fused-ring (bicyclic) bond motifs is 1. The van der Waals surface area contributed by atoms with Gasteiger partial charge in [0.25, 0.3) is 0 Å². The third-order valence-electron chi connectivity index (χ3n) is 2.72. The quantitative estimate of drug-likeness (QED) is 0.655. The molecule has 14 heavy (non-hydrogen) atoms. The van der Waals surface area contributed by atoms with Gasteiger partial charge in [-0.15, -0.1) is 0 Å².